The summed E-state index contributed by atoms with van der Waals surface area (Å²) in [6, 6.07) is 20.3. The van der Waals surface area contributed by atoms with E-state index in [0.717, 1.165) is 50.3 Å². The molecule has 0 saturated heterocycles. The molecule has 11 heteroatoms. The molecule has 250 valence electrons. The van der Waals surface area contributed by atoms with Crippen LogP contribution in [0.3, 0.4) is 0 Å². The maximum absolute atomic E-state index is 11.2. The molecule has 0 bridgehead atoms. The van der Waals surface area contributed by atoms with Gasteiger partial charge in [0.2, 0.25) is 0 Å². The SMILES string of the molecule is C=CC(=O)OCCN(C)c1ccc(N=Nc2ccc(N=Nc3ccc(OCCCCCCCCCOC(=O)CC)cc3Cl)cc2)cc1. The molecule has 0 spiro atoms. The van der Waals surface area contributed by atoms with E-state index in [9.17, 15) is 9.59 Å². The van der Waals surface area contributed by atoms with Crippen molar-refractivity contribution in [3.05, 3.63) is 84.4 Å². The number of hydrogen-bond donors (Lipinski definition) is 0. The molecular formula is C36H44ClN5O5. The van der Waals surface area contributed by atoms with Crippen molar-refractivity contribution >= 4 is 52.0 Å². The third-order valence-electron chi connectivity index (χ3n) is 7.06. The Morgan fingerprint density at radius 2 is 1.30 bits per heavy atom. The predicted molar refractivity (Wildman–Crippen MR) is 186 cm³/mol. The number of azo groups is 2. The lowest BCUT2D eigenvalue weighted by Crippen LogP contribution is -2.23. The Hall–Kier alpha value is -4.57. The van der Waals surface area contributed by atoms with Gasteiger partial charge in [-0.2, -0.15) is 15.3 Å². The molecule has 0 atom stereocenters. The van der Waals surface area contributed by atoms with Crippen molar-refractivity contribution in [2.75, 3.05) is 38.3 Å². The van der Waals surface area contributed by atoms with Crippen LogP contribution in [0.2, 0.25) is 5.02 Å². The smallest absolute Gasteiger partial charge is 0.330 e. The third-order valence-corrected chi connectivity index (χ3v) is 7.36. The van der Waals surface area contributed by atoms with Crippen molar-refractivity contribution < 1.29 is 23.8 Å². The molecule has 0 unspecified atom stereocenters. The Morgan fingerprint density at radius 3 is 1.87 bits per heavy atom. The Balaban J connectivity index is 1.35. The minimum absolute atomic E-state index is 0.123. The highest BCUT2D eigenvalue weighted by molar-refractivity contribution is 6.33. The summed E-state index contributed by atoms with van der Waals surface area (Å²) in [5.74, 6) is 0.151. The highest BCUT2D eigenvalue weighted by Crippen LogP contribution is 2.31. The molecule has 3 aromatic carbocycles. The first-order chi connectivity index (χ1) is 22.9. The molecule has 0 aromatic heterocycles. The van der Waals surface area contributed by atoms with Crippen molar-refractivity contribution in [3.8, 4) is 5.75 Å². The van der Waals surface area contributed by atoms with E-state index in [1.54, 1.807) is 12.1 Å². The molecule has 0 radical (unpaired) electrons. The molecule has 0 amide bonds. The maximum Gasteiger partial charge on any atom is 0.330 e. The van der Waals surface area contributed by atoms with Gasteiger partial charge in [0.15, 0.2) is 0 Å². The number of rotatable bonds is 21. The Morgan fingerprint density at radius 1 is 0.745 bits per heavy atom. The Labute approximate surface area is 282 Å². The van der Waals surface area contributed by atoms with E-state index in [2.05, 4.69) is 27.0 Å². The van der Waals surface area contributed by atoms with Gasteiger partial charge in [0.25, 0.3) is 0 Å². The maximum atomic E-state index is 11.2. The summed E-state index contributed by atoms with van der Waals surface area (Å²) >= 11 is 6.43. The molecule has 0 N–H and O–H groups in total. The van der Waals surface area contributed by atoms with Crippen molar-refractivity contribution in [3.63, 3.8) is 0 Å². The fraction of sp³-hybridized carbons (Fsp3) is 0.389. The van der Waals surface area contributed by atoms with E-state index in [1.807, 2.05) is 73.5 Å². The fourth-order valence-electron chi connectivity index (χ4n) is 4.28. The molecule has 3 aromatic rings. The summed E-state index contributed by atoms with van der Waals surface area (Å²) in [5, 5.41) is 17.7. The quantitative estimate of drug-likeness (QED) is 0.0485. The summed E-state index contributed by atoms with van der Waals surface area (Å²) in [5.41, 5.74) is 3.57. The average molecular weight is 662 g/mol. The van der Waals surface area contributed by atoms with Gasteiger partial charge in [0.05, 0.1) is 41.8 Å². The lowest BCUT2D eigenvalue weighted by atomic mass is 10.1. The molecule has 0 heterocycles. The monoisotopic (exact) mass is 661 g/mol. The zero-order valence-corrected chi connectivity index (χ0v) is 28.0. The first kappa shape index (κ1) is 36.9. The highest BCUT2D eigenvalue weighted by atomic mass is 35.5. The number of anilines is 1. The van der Waals surface area contributed by atoms with Crippen LogP contribution in [0.4, 0.5) is 28.4 Å². The van der Waals surface area contributed by atoms with Gasteiger partial charge in [-0.1, -0.05) is 57.2 Å². The third kappa shape index (κ3) is 14.6. The van der Waals surface area contributed by atoms with E-state index >= 15 is 0 Å². The largest absolute Gasteiger partial charge is 0.494 e. The van der Waals surface area contributed by atoms with E-state index in [1.165, 1.54) is 6.42 Å². The topological polar surface area (TPSA) is 115 Å². The van der Waals surface area contributed by atoms with Crippen LogP contribution in [0.15, 0.2) is 99.8 Å². The second-order valence-electron chi connectivity index (χ2n) is 10.7. The molecule has 47 heavy (non-hydrogen) atoms. The number of halogens is 1. The zero-order chi connectivity index (χ0) is 33.7. The minimum Gasteiger partial charge on any atom is -0.494 e. The van der Waals surface area contributed by atoms with Crippen molar-refractivity contribution in [2.45, 2.75) is 58.3 Å². The molecule has 0 aliphatic rings. The van der Waals surface area contributed by atoms with Gasteiger partial charge in [-0.25, -0.2) is 4.79 Å². The number of hydrogen-bond acceptors (Lipinski definition) is 10. The number of unbranched alkanes of at least 4 members (excludes halogenated alkanes) is 6. The van der Waals surface area contributed by atoms with Crippen LogP contribution in [0.25, 0.3) is 0 Å². The highest BCUT2D eigenvalue weighted by Gasteiger charge is 2.05. The fourth-order valence-corrected chi connectivity index (χ4v) is 4.49. The van der Waals surface area contributed by atoms with Crippen LogP contribution < -0.4 is 9.64 Å². The van der Waals surface area contributed by atoms with Crippen LogP contribution in [-0.2, 0) is 19.1 Å². The normalized spacial score (nSPS) is 11.1. The summed E-state index contributed by atoms with van der Waals surface area (Å²) < 4.78 is 16.0. The van der Waals surface area contributed by atoms with Crippen LogP contribution >= 0.6 is 11.6 Å². The number of carbonyl (C=O) groups excluding carboxylic acids is 2. The number of likely N-dealkylation sites (N-methyl/N-ethyl adjacent to an activating group) is 1. The van der Waals surface area contributed by atoms with E-state index < -0.39 is 5.97 Å². The van der Waals surface area contributed by atoms with Crippen molar-refractivity contribution in [1.29, 1.82) is 0 Å². The first-order valence-electron chi connectivity index (χ1n) is 16.0. The summed E-state index contributed by atoms with van der Waals surface area (Å²) in [7, 11) is 1.92. The van der Waals surface area contributed by atoms with Crippen LogP contribution in [-0.4, -0.2) is 45.4 Å². The van der Waals surface area contributed by atoms with Gasteiger partial charge in [0, 0.05) is 31.3 Å². The second kappa shape index (κ2) is 21.3. The lowest BCUT2D eigenvalue weighted by molar-refractivity contribution is -0.143. The van der Waals surface area contributed by atoms with Crippen LogP contribution in [0.1, 0.15) is 58.3 Å². The van der Waals surface area contributed by atoms with Crippen molar-refractivity contribution in [2.24, 2.45) is 20.5 Å². The number of benzene rings is 3. The number of carbonyl (C=O) groups is 2. The van der Waals surface area contributed by atoms with E-state index in [4.69, 9.17) is 25.8 Å². The zero-order valence-electron chi connectivity index (χ0n) is 27.3. The van der Waals surface area contributed by atoms with Gasteiger partial charge >= 0.3 is 11.9 Å². The standard InChI is InChI=1S/C36H44ClN5O5/c1-4-35(43)46-25-12-10-8-6-7-9-11-24-45-32-21-22-34(33(37)27-32)41-40-29-15-13-28(14-16-29)38-39-30-17-19-31(20-18-30)42(3)23-26-47-36(44)5-2/h5,13-22,27H,2,4,6-12,23-26H2,1,3H3. The van der Waals surface area contributed by atoms with Gasteiger partial charge < -0.3 is 19.1 Å². The summed E-state index contributed by atoms with van der Waals surface area (Å²) in [6.07, 6.45) is 9.18. The first-order valence-corrected chi connectivity index (χ1v) is 16.4. The van der Waals surface area contributed by atoms with E-state index in [0.29, 0.717) is 59.7 Å². The number of esters is 2. The summed E-state index contributed by atoms with van der Waals surface area (Å²) in [4.78, 5) is 24.3. The number of ether oxygens (including phenoxy) is 3. The summed E-state index contributed by atoms with van der Waals surface area (Å²) in [6.45, 7) is 7.19. The van der Waals surface area contributed by atoms with Gasteiger partial charge in [-0.3, -0.25) is 4.79 Å². The Kier molecular flexibility index (Phi) is 16.7. The van der Waals surface area contributed by atoms with Crippen LogP contribution in [0, 0.1) is 0 Å². The minimum atomic E-state index is -0.433. The molecule has 3 rings (SSSR count). The second-order valence-corrected chi connectivity index (χ2v) is 11.1. The van der Waals surface area contributed by atoms with E-state index in [-0.39, 0.29) is 12.6 Å². The molecule has 0 aliphatic carbocycles. The molecule has 0 fully saturated rings. The average Bonchev–Trinajstić information content (AvgIpc) is 3.09. The van der Waals surface area contributed by atoms with Gasteiger partial charge in [-0.15, -0.1) is 5.11 Å². The predicted octanol–water partition coefficient (Wildman–Crippen LogP) is 10.4. The van der Waals surface area contributed by atoms with Gasteiger partial charge in [-0.05, 0) is 73.5 Å². The van der Waals surface area contributed by atoms with Crippen LogP contribution in [0.5, 0.6) is 5.75 Å². The van der Waals surface area contributed by atoms with Crippen molar-refractivity contribution in [1.82, 2.24) is 0 Å². The molecular weight excluding hydrogens is 618 g/mol. The molecule has 0 saturated carbocycles. The molecule has 10 nitrogen and oxygen atoms in total. The Bertz CT molecular complexity index is 1460. The molecule has 0 aliphatic heterocycles. The number of nitrogens with zero attached hydrogens (tertiary/aromatic N) is 5. The van der Waals surface area contributed by atoms with Gasteiger partial charge in [0.1, 0.15) is 18.0 Å². The lowest BCUT2D eigenvalue weighted by Gasteiger charge is -2.18.